The van der Waals surface area contributed by atoms with Gasteiger partial charge >= 0.3 is 0 Å². The lowest BCUT2D eigenvalue weighted by Crippen LogP contribution is -2.62. The summed E-state index contributed by atoms with van der Waals surface area (Å²) in [6, 6.07) is 5.92. The van der Waals surface area contributed by atoms with E-state index in [2.05, 4.69) is 4.90 Å². The Hall–Kier alpha value is -2.54. The van der Waals surface area contributed by atoms with E-state index in [9.17, 15) is 9.59 Å². The number of carbonyl (C=O) groups excluding carboxylic acids is 2. The molecule has 0 saturated carbocycles. The highest BCUT2D eigenvalue weighted by Gasteiger charge is 2.36. The molecule has 3 rings (SSSR count). The smallest absolute Gasteiger partial charge is 0.246 e. The molecule has 2 fully saturated rings. The summed E-state index contributed by atoms with van der Waals surface area (Å²) in [7, 11) is 3.18. The van der Waals surface area contributed by atoms with E-state index in [1.54, 1.807) is 26.4 Å². The predicted molar refractivity (Wildman–Crippen MR) is 102 cm³/mol. The van der Waals surface area contributed by atoms with Crippen LogP contribution in [0.4, 0.5) is 0 Å². The van der Waals surface area contributed by atoms with E-state index in [-0.39, 0.29) is 17.7 Å². The second-order valence-corrected chi connectivity index (χ2v) is 7.06. The minimum atomic E-state index is -0.194. The number of hydrogen-bond acceptors (Lipinski definition) is 5. The molecule has 146 valence electrons. The van der Waals surface area contributed by atoms with Gasteiger partial charge < -0.3 is 20.1 Å². The number of methoxy groups -OCH3 is 2. The molecule has 0 radical (unpaired) electrons. The average molecular weight is 373 g/mol. The highest BCUT2D eigenvalue weighted by molar-refractivity contribution is 5.92. The number of carbonyl (C=O) groups is 2. The first-order chi connectivity index (χ1) is 13.0. The molecule has 2 heterocycles. The van der Waals surface area contributed by atoms with E-state index in [1.165, 1.54) is 0 Å². The largest absolute Gasteiger partial charge is 0.493 e. The van der Waals surface area contributed by atoms with Crippen LogP contribution in [0.2, 0.25) is 0 Å². The fourth-order valence-corrected chi connectivity index (χ4v) is 3.64. The molecule has 2 amide bonds. The summed E-state index contributed by atoms with van der Waals surface area (Å²) < 4.78 is 10.5. The second-order valence-electron chi connectivity index (χ2n) is 7.06. The molecule has 7 nitrogen and oxygen atoms in total. The minimum absolute atomic E-state index is 0.00322. The molecular weight excluding hydrogens is 346 g/mol. The molecule has 2 saturated heterocycles. The Morgan fingerprint density at radius 2 is 1.78 bits per heavy atom. The molecule has 0 bridgehead atoms. The number of rotatable bonds is 6. The summed E-state index contributed by atoms with van der Waals surface area (Å²) in [5, 5.41) is 0. The van der Waals surface area contributed by atoms with Gasteiger partial charge in [-0.2, -0.15) is 0 Å². The number of hydrogen-bond donors (Lipinski definition) is 1. The van der Waals surface area contributed by atoms with E-state index >= 15 is 0 Å². The Morgan fingerprint density at radius 1 is 1.11 bits per heavy atom. The Kier molecular flexibility index (Phi) is 6.01. The van der Waals surface area contributed by atoms with Crippen LogP contribution in [0.15, 0.2) is 24.3 Å². The van der Waals surface area contributed by atoms with Crippen LogP contribution in [0.25, 0.3) is 6.08 Å². The zero-order valence-electron chi connectivity index (χ0n) is 15.9. The maximum atomic E-state index is 12.3. The molecule has 7 heteroatoms. The Bertz CT molecular complexity index is 720. The molecule has 0 aliphatic carbocycles. The fraction of sp³-hybridized carbons (Fsp3) is 0.500. The zero-order valence-corrected chi connectivity index (χ0v) is 15.9. The van der Waals surface area contributed by atoms with Crippen LogP contribution in [0, 0.1) is 5.92 Å². The lowest BCUT2D eigenvalue weighted by atomic mass is 9.94. The van der Waals surface area contributed by atoms with Crippen LogP contribution >= 0.6 is 0 Å². The van der Waals surface area contributed by atoms with Gasteiger partial charge in [-0.15, -0.1) is 0 Å². The molecule has 0 spiro atoms. The third-order valence-corrected chi connectivity index (χ3v) is 5.45. The van der Waals surface area contributed by atoms with Gasteiger partial charge in [0.2, 0.25) is 11.8 Å². The Labute approximate surface area is 159 Å². The van der Waals surface area contributed by atoms with Crippen molar-refractivity contribution in [3.05, 3.63) is 29.8 Å². The predicted octanol–water partition coefficient (Wildman–Crippen LogP) is 1.13. The van der Waals surface area contributed by atoms with Gasteiger partial charge in [0.05, 0.1) is 14.2 Å². The first-order valence-corrected chi connectivity index (χ1v) is 9.24. The highest BCUT2D eigenvalue weighted by Crippen LogP contribution is 2.28. The van der Waals surface area contributed by atoms with Crippen molar-refractivity contribution in [1.82, 2.24) is 9.80 Å². The van der Waals surface area contributed by atoms with Gasteiger partial charge in [0.25, 0.3) is 0 Å². The average Bonchev–Trinajstić information content (AvgIpc) is 2.65. The number of ether oxygens (including phenoxy) is 2. The number of likely N-dealkylation sites (tertiary alicyclic amines) is 2. The molecule has 2 N–H and O–H groups in total. The van der Waals surface area contributed by atoms with Crippen LogP contribution in [0.5, 0.6) is 11.5 Å². The van der Waals surface area contributed by atoms with Crippen molar-refractivity contribution in [2.75, 3.05) is 40.4 Å². The maximum Gasteiger partial charge on any atom is 0.246 e. The number of nitrogens with zero attached hydrogens (tertiary/aromatic N) is 2. The maximum absolute atomic E-state index is 12.3. The van der Waals surface area contributed by atoms with Crippen molar-refractivity contribution < 1.29 is 19.1 Å². The van der Waals surface area contributed by atoms with Gasteiger partial charge in [-0.1, -0.05) is 6.07 Å². The third-order valence-electron chi connectivity index (χ3n) is 5.45. The normalized spacial score (nSPS) is 19.1. The van der Waals surface area contributed by atoms with Crippen molar-refractivity contribution in [3.63, 3.8) is 0 Å². The number of amides is 2. The Balaban J connectivity index is 1.48. The first kappa shape index (κ1) is 19.2. The van der Waals surface area contributed by atoms with E-state index in [0.717, 1.165) is 44.6 Å². The van der Waals surface area contributed by atoms with Crippen molar-refractivity contribution in [2.45, 2.75) is 18.9 Å². The standard InChI is InChI=1S/C20H27N3O4/c1-26-17-5-3-14(11-18(17)27-2)4-6-19(24)23-12-16(13-23)22-9-7-15(8-10-22)20(21)25/h3-6,11,15-16H,7-10,12-13H2,1-2H3,(H2,21,25)/b6-4+. The summed E-state index contributed by atoms with van der Waals surface area (Å²) in [4.78, 5) is 27.8. The van der Waals surface area contributed by atoms with Gasteiger partial charge in [0, 0.05) is 31.1 Å². The van der Waals surface area contributed by atoms with Gasteiger partial charge in [-0.05, 0) is 49.7 Å². The molecule has 2 aliphatic rings. The van der Waals surface area contributed by atoms with Crippen LogP contribution in [-0.4, -0.2) is 68.1 Å². The molecule has 1 aromatic carbocycles. The van der Waals surface area contributed by atoms with Gasteiger partial charge in [0.1, 0.15) is 0 Å². The molecular formula is C20H27N3O4. The molecule has 0 aromatic heterocycles. The first-order valence-electron chi connectivity index (χ1n) is 9.24. The molecule has 0 atom stereocenters. The number of piperidine rings is 1. The van der Waals surface area contributed by atoms with Gasteiger partial charge in [-0.25, -0.2) is 0 Å². The quantitative estimate of drug-likeness (QED) is 0.756. The summed E-state index contributed by atoms with van der Waals surface area (Å²) in [5.41, 5.74) is 6.26. The molecule has 27 heavy (non-hydrogen) atoms. The van der Waals surface area contributed by atoms with Crippen molar-refractivity contribution in [2.24, 2.45) is 11.7 Å². The van der Waals surface area contributed by atoms with Crippen molar-refractivity contribution in [3.8, 4) is 11.5 Å². The highest BCUT2D eigenvalue weighted by atomic mass is 16.5. The number of nitrogens with two attached hydrogens (primary N) is 1. The van der Waals surface area contributed by atoms with Crippen molar-refractivity contribution >= 4 is 17.9 Å². The summed E-state index contributed by atoms with van der Waals surface area (Å²) >= 11 is 0. The summed E-state index contributed by atoms with van der Waals surface area (Å²) in [6.45, 7) is 3.22. The monoisotopic (exact) mass is 373 g/mol. The van der Waals surface area contributed by atoms with E-state index < -0.39 is 0 Å². The summed E-state index contributed by atoms with van der Waals surface area (Å²) in [6.07, 6.45) is 5.02. The van der Waals surface area contributed by atoms with Crippen LogP contribution in [0.1, 0.15) is 18.4 Å². The molecule has 1 aromatic rings. The van der Waals surface area contributed by atoms with E-state index in [4.69, 9.17) is 15.2 Å². The second kappa shape index (κ2) is 8.43. The fourth-order valence-electron chi connectivity index (χ4n) is 3.64. The lowest BCUT2D eigenvalue weighted by Gasteiger charge is -2.47. The zero-order chi connectivity index (χ0) is 19.4. The van der Waals surface area contributed by atoms with E-state index in [1.807, 2.05) is 23.1 Å². The van der Waals surface area contributed by atoms with Crippen LogP contribution in [-0.2, 0) is 9.59 Å². The summed E-state index contributed by atoms with van der Waals surface area (Å²) in [5.74, 6) is 1.11. The van der Waals surface area contributed by atoms with Gasteiger partial charge in [-0.3, -0.25) is 14.5 Å². The molecule has 0 unspecified atom stereocenters. The number of benzene rings is 1. The Morgan fingerprint density at radius 3 is 2.37 bits per heavy atom. The number of primary amides is 1. The lowest BCUT2D eigenvalue weighted by molar-refractivity contribution is -0.133. The minimum Gasteiger partial charge on any atom is -0.493 e. The van der Waals surface area contributed by atoms with E-state index in [0.29, 0.717) is 17.5 Å². The SMILES string of the molecule is COc1ccc(/C=C/C(=O)N2CC(N3CCC(C(N)=O)CC3)C2)cc1OC. The topological polar surface area (TPSA) is 85.1 Å². The van der Waals surface area contributed by atoms with Crippen molar-refractivity contribution in [1.29, 1.82) is 0 Å². The van der Waals surface area contributed by atoms with Crippen LogP contribution < -0.4 is 15.2 Å². The molecule has 2 aliphatic heterocycles. The van der Waals surface area contributed by atoms with Crippen LogP contribution in [0.3, 0.4) is 0 Å². The third kappa shape index (κ3) is 4.42. The van der Waals surface area contributed by atoms with Gasteiger partial charge in [0.15, 0.2) is 11.5 Å².